The van der Waals surface area contributed by atoms with Crippen LogP contribution in [-0.4, -0.2) is 9.97 Å². The Balaban J connectivity index is 1.75. The van der Waals surface area contributed by atoms with E-state index in [-0.39, 0.29) is 5.02 Å². The Morgan fingerprint density at radius 3 is 2.77 bits per heavy atom. The van der Waals surface area contributed by atoms with Gasteiger partial charge < -0.3 is 10.6 Å². The van der Waals surface area contributed by atoms with E-state index in [0.717, 1.165) is 27.7 Å². The molecule has 0 spiro atoms. The van der Waals surface area contributed by atoms with E-state index >= 15 is 0 Å². The van der Waals surface area contributed by atoms with Crippen molar-refractivity contribution in [1.82, 2.24) is 9.97 Å². The largest absolute Gasteiger partial charge is 0.381 e. The molecule has 0 amide bonds. The Labute approximate surface area is 178 Å². The number of pyridine rings is 2. The standard InChI is InChI=1S/C23H17ClFN5/c1-14-7-22-18(9-21(14)28-12-15-3-2-6-27-11-15)23(16(10-26)13-29-22)30-17-4-5-20(25)19(24)8-17/h2-9,11,13,28H,12H2,1H3,(H,29,30). The van der Waals surface area contributed by atoms with Crippen molar-refractivity contribution in [2.45, 2.75) is 13.5 Å². The summed E-state index contributed by atoms with van der Waals surface area (Å²) in [5.41, 5.74) is 5.30. The van der Waals surface area contributed by atoms with Gasteiger partial charge in [-0.05, 0) is 54.4 Å². The molecule has 0 bridgehead atoms. The first-order valence-corrected chi connectivity index (χ1v) is 9.61. The Morgan fingerprint density at radius 2 is 2.03 bits per heavy atom. The van der Waals surface area contributed by atoms with E-state index in [2.05, 4.69) is 26.7 Å². The lowest BCUT2D eigenvalue weighted by atomic mass is 10.0. The van der Waals surface area contributed by atoms with Crippen molar-refractivity contribution in [3.63, 3.8) is 0 Å². The van der Waals surface area contributed by atoms with Crippen LogP contribution in [0.1, 0.15) is 16.7 Å². The van der Waals surface area contributed by atoms with Crippen LogP contribution in [0.3, 0.4) is 0 Å². The third kappa shape index (κ3) is 4.02. The van der Waals surface area contributed by atoms with Crippen LogP contribution in [0, 0.1) is 24.1 Å². The molecule has 7 heteroatoms. The molecule has 2 N–H and O–H groups in total. The van der Waals surface area contributed by atoms with Crippen LogP contribution >= 0.6 is 11.6 Å². The molecule has 0 atom stereocenters. The van der Waals surface area contributed by atoms with Gasteiger partial charge in [0.2, 0.25) is 0 Å². The third-order valence-corrected chi connectivity index (χ3v) is 5.02. The van der Waals surface area contributed by atoms with Crippen LogP contribution in [0.5, 0.6) is 0 Å². The zero-order valence-electron chi connectivity index (χ0n) is 16.1. The SMILES string of the molecule is Cc1cc2ncc(C#N)c(Nc3ccc(F)c(Cl)c3)c2cc1NCc1cccnc1. The molecule has 2 aromatic carbocycles. The maximum Gasteiger partial charge on any atom is 0.141 e. The fourth-order valence-corrected chi connectivity index (χ4v) is 3.35. The van der Waals surface area contributed by atoms with E-state index in [9.17, 15) is 9.65 Å². The summed E-state index contributed by atoms with van der Waals surface area (Å²) in [6.07, 6.45) is 5.07. The number of hydrogen-bond donors (Lipinski definition) is 2. The minimum atomic E-state index is -0.500. The van der Waals surface area contributed by atoms with Crippen LogP contribution in [0.15, 0.2) is 61.1 Å². The molecule has 0 fully saturated rings. The average Bonchev–Trinajstić information content (AvgIpc) is 2.76. The number of aromatic nitrogens is 2. The summed E-state index contributed by atoms with van der Waals surface area (Å²) in [5, 5.41) is 17.0. The van der Waals surface area contributed by atoms with Crippen molar-refractivity contribution in [3.05, 3.63) is 88.6 Å². The van der Waals surface area contributed by atoms with E-state index in [4.69, 9.17) is 11.6 Å². The first-order valence-electron chi connectivity index (χ1n) is 9.23. The lowest BCUT2D eigenvalue weighted by molar-refractivity contribution is 0.628. The molecule has 4 rings (SSSR count). The van der Waals surface area contributed by atoms with Gasteiger partial charge in [0.15, 0.2) is 0 Å². The van der Waals surface area contributed by atoms with Crippen LogP contribution < -0.4 is 10.6 Å². The molecule has 0 radical (unpaired) electrons. The van der Waals surface area contributed by atoms with Crippen LogP contribution in [0.2, 0.25) is 5.02 Å². The number of rotatable bonds is 5. The molecule has 148 valence electrons. The lowest BCUT2D eigenvalue weighted by Crippen LogP contribution is -2.03. The number of nitriles is 1. The first kappa shape index (κ1) is 19.6. The first-order chi connectivity index (χ1) is 14.5. The maximum atomic E-state index is 13.5. The molecule has 2 aromatic heterocycles. The molecular formula is C23H17ClFN5. The maximum absolute atomic E-state index is 13.5. The van der Waals surface area contributed by atoms with Crippen molar-refractivity contribution in [2.75, 3.05) is 10.6 Å². The summed E-state index contributed by atoms with van der Waals surface area (Å²) < 4.78 is 13.5. The quantitative estimate of drug-likeness (QED) is 0.419. The predicted molar refractivity (Wildman–Crippen MR) is 117 cm³/mol. The zero-order valence-corrected chi connectivity index (χ0v) is 16.8. The number of hydrogen-bond acceptors (Lipinski definition) is 5. The van der Waals surface area contributed by atoms with E-state index in [0.29, 0.717) is 23.5 Å². The van der Waals surface area contributed by atoms with Crippen molar-refractivity contribution in [3.8, 4) is 6.07 Å². The summed E-state index contributed by atoms with van der Waals surface area (Å²) in [7, 11) is 0. The highest BCUT2D eigenvalue weighted by molar-refractivity contribution is 6.31. The number of aryl methyl sites for hydroxylation is 1. The van der Waals surface area contributed by atoms with Gasteiger partial charge in [-0.15, -0.1) is 0 Å². The molecule has 0 aliphatic heterocycles. The Bertz CT molecular complexity index is 1270. The number of anilines is 3. The molecule has 5 nitrogen and oxygen atoms in total. The zero-order chi connectivity index (χ0) is 21.1. The number of benzene rings is 2. The molecule has 0 aliphatic carbocycles. The average molecular weight is 418 g/mol. The van der Waals surface area contributed by atoms with Crippen LogP contribution in [-0.2, 0) is 6.54 Å². The summed E-state index contributed by atoms with van der Waals surface area (Å²) in [6, 6.07) is 14.3. The van der Waals surface area contributed by atoms with Gasteiger partial charge in [-0.1, -0.05) is 17.7 Å². The highest BCUT2D eigenvalue weighted by Crippen LogP contribution is 2.33. The highest BCUT2D eigenvalue weighted by Gasteiger charge is 2.13. The van der Waals surface area contributed by atoms with Gasteiger partial charge in [0.05, 0.1) is 21.8 Å². The predicted octanol–water partition coefficient (Wildman–Crippen LogP) is 5.96. The number of fused-ring (bicyclic) bond motifs is 1. The van der Waals surface area contributed by atoms with Crippen molar-refractivity contribution < 1.29 is 4.39 Å². The molecule has 30 heavy (non-hydrogen) atoms. The smallest absolute Gasteiger partial charge is 0.141 e. The summed E-state index contributed by atoms with van der Waals surface area (Å²) in [4.78, 5) is 8.55. The van der Waals surface area contributed by atoms with E-state index < -0.39 is 5.82 Å². The van der Waals surface area contributed by atoms with Gasteiger partial charge in [-0.2, -0.15) is 5.26 Å². The molecule has 0 saturated carbocycles. The minimum Gasteiger partial charge on any atom is -0.381 e. The molecule has 0 aliphatic rings. The van der Waals surface area contributed by atoms with Crippen LogP contribution in [0.25, 0.3) is 10.9 Å². The van der Waals surface area contributed by atoms with Crippen LogP contribution in [0.4, 0.5) is 21.5 Å². The van der Waals surface area contributed by atoms with Crippen molar-refractivity contribution in [2.24, 2.45) is 0 Å². The number of nitrogens with zero attached hydrogens (tertiary/aromatic N) is 3. The van der Waals surface area contributed by atoms with Gasteiger partial charge in [0.1, 0.15) is 11.9 Å². The second-order valence-corrected chi connectivity index (χ2v) is 7.22. The Hall–Kier alpha value is -3.69. The minimum absolute atomic E-state index is 0.00606. The fourth-order valence-electron chi connectivity index (χ4n) is 3.17. The van der Waals surface area contributed by atoms with Crippen molar-refractivity contribution >= 4 is 39.6 Å². The molecular weight excluding hydrogens is 401 g/mol. The molecule has 4 aromatic rings. The van der Waals surface area contributed by atoms with Gasteiger partial charge >= 0.3 is 0 Å². The summed E-state index contributed by atoms with van der Waals surface area (Å²) in [6.45, 7) is 2.61. The highest BCUT2D eigenvalue weighted by atomic mass is 35.5. The summed E-state index contributed by atoms with van der Waals surface area (Å²) in [5.74, 6) is -0.500. The topological polar surface area (TPSA) is 73.6 Å². The molecule has 0 saturated heterocycles. The van der Waals surface area contributed by atoms with E-state index in [1.807, 2.05) is 37.4 Å². The van der Waals surface area contributed by atoms with E-state index in [1.54, 1.807) is 12.3 Å². The fraction of sp³-hybridized carbons (Fsp3) is 0.0870. The summed E-state index contributed by atoms with van der Waals surface area (Å²) >= 11 is 5.91. The third-order valence-electron chi connectivity index (χ3n) is 4.73. The van der Waals surface area contributed by atoms with Gasteiger partial charge in [0.25, 0.3) is 0 Å². The lowest BCUT2D eigenvalue weighted by Gasteiger charge is -2.15. The molecule has 0 unspecified atom stereocenters. The van der Waals surface area contributed by atoms with Gasteiger partial charge in [-0.3, -0.25) is 9.97 Å². The van der Waals surface area contributed by atoms with Gasteiger partial charge in [-0.25, -0.2) is 4.39 Å². The Kier molecular flexibility index (Phi) is 5.46. The second-order valence-electron chi connectivity index (χ2n) is 6.81. The van der Waals surface area contributed by atoms with Gasteiger partial charge in [0, 0.05) is 41.9 Å². The monoisotopic (exact) mass is 417 g/mol. The Morgan fingerprint density at radius 1 is 1.17 bits per heavy atom. The number of nitrogens with one attached hydrogen (secondary N) is 2. The number of halogens is 2. The van der Waals surface area contributed by atoms with Crippen molar-refractivity contribution in [1.29, 1.82) is 5.26 Å². The normalized spacial score (nSPS) is 10.6. The second kappa shape index (κ2) is 8.36. The molecule has 2 heterocycles. The van der Waals surface area contributed by atoms with E-state index in [1.165, 1.54) is 18.3 Å².